The van der Waals surface area contributed by atoms with E-state index in [1.165, 1.54) is 18.2 Å². The standard InChI is InChI=1S/C15H10N2O4/c18-13-11-7-6-9(16-15(20)21)8-12(11)14(19)17(13)10-4-2-1-3-5-10/h1-8,16H,(H,20,21). The van der Waals surface area contributed by atoms with E-state index in [0.29, 0.717) is 5.69 Å². The minimum absolute atomic E-state index is 0.190. The van der Waals surface area contributed by atoms with Crippen molar-refractivity contribution in [2.45, 2.75) is 0 Å². The highest BCUT2D eigenvalue weighted by Crippen LogP contribution is 2.29. The van der Waals surface area contributed by atoms with Gasteiger partial charge in [0, 0.05) is 5.69 Å². The van der Waals surface area contributed by atoms with Crippen molar-refractivity contribution in [1.29, 1.82) is 0 Å². The van der Waals surface area contributed by atoms with Gasteiger partial charge >= 0.3 is 6.09 Å². The Morgan fingerprint density at radius 3 is 2.29 bits per heavy atom. The SMILES string of the molecule is O=C(O)Nc1ccc2c(c1)C(=O)N(c1ccccc1)C2=O. The Bertz CT molecular complexity index is 756. The number of rotatable bonds is 2. The summed E-state index contributed by atoms with van der Waals surface area (Å²) in [5, 5.41) is 10.8. The van der Waals surface area contributed by atoms with Gasteiger partial charge < -0.3 is 5.11 Å². The van der Waals surface area contributed by atoms with Gasteiger partial charge in [0.05, 0.1) is 16.8 Å². The minimum Gasteiger partial charge on any atom is -0.465 e. The third kappa shape index (κ3) is 2.12. The zero-order chi connectivity index (χ0) is 15.0. The Balaban J connectivity index is 2.02. The Hall–Kier alpha value is -3.15. The Morgan fingerprint density at radius 2 is 1.62 bits per heavy atom. The van der Waals surface area contributed by atoms with Crippen LogP contribution in [-0.4, -0.2) is 23.0 Å². The maximum atomic E-state index is 12.4. The number of para-hydroxylation sites is 1. The van der Waals surface area contributed by atoms with Gasteiger partial charge in [0.1, 0.15) is 0 Å². The van der Waals surface area contributed by atoms with Crippen LogP contribution in [-0.2, 0) is 0 Å². The highest BCUT2D eigenvalue weighted by atomic mass is 16.4. The molecule has 0 spiro atoms. The van der Waals surface area contributed by atoms with Crippen LogP contribution in [0, 0.1) is 0 Å². The number of nitrogens with zero attached hydrogens (tertiary/aromatic N) is 1. The highest BCUT2D eigenvalue weighted by molar-refractivity contribution is 6.34. The monoisotopic (exact) mass is 282 g/mol. The van der Waals surface area contributed by atoms with Crippen molar-refractivity contribution in [3.05, 3.63) is 59.7 Å². The Labute approximate surface area is 119 Å². The van der Waals surface area contributed by atoms with Crippen LogP contribution in [0.3, 0.4) is 0 Å². The zero-order valence-corrected chi connectivity index (χ0v) is 10.7. The number of anilines is 2. The molecule has 0 saturated heterocycles. The lowest BCUT2D eigenvalue weighted by atomic mass is 10.1. The first-order valence-corrected chi connectivity index (χ1v) is 6.16. The fraction of sp³-hybridized carbons (Fsp3) is 0. The average Bonchev–Trinajstić information content (AvgIpc) is 2.71. The first-order valence-electron chi connectivity index (χ1n) is 6.16. The summed E-state index contributed by atoms with van der Waals surface area (Å²) >= 11 is 0. The highest BCUT2D eigenvalue weighted by Gasteiger charge is 2.36. The predicted octanol–water partition coefficient (Wildman–Crippen LogP) is 2.58. The van der Waals surface area contributed by atoms with Crippen molar-refractivity contribution in [2.75, 3.05) is 10.2 Å². The van der Waals surface area contributed by atoms with Crippen molar-refractivity contribution in [2.24, 2.45) is 0 Å². The van der Waals surface area contributed by atoms with Crippen LogP contribution >= 0.6 is 0 Å². The molecule has 21 heavy (non-hydrogen) atoms. The largest absolute Gasteiger partial charge is 0.465 e. The minimum atomic E-state index is -1.23. The Morgan fingerprint density at radius 1 is 0.952 bits per heavy atom. The van der Waals surface area contributed by atoms with E-state index in [1.54, 1.807) is 30.3 Å². The molecule has 6 heteroatoms. The molecular weight excluding hydrogens is 272 g/mol. The second-order valence-electron chi connectivity index (χ2n) is 4.47. The van der Waals surface area contributed by atoms with E-state index < -0.39 is 17.9 Å². The molecule has 2 aromatic rings. The normalized spacial score (nSPS) is 13.2. The van der Waals surface area contributed by atoms with E-state index in [2.05, 4.69) is 5.32 Å². The number of amides is 3. The Kier molecular flexibility index (Phi) is 2.91. The number of imide groups is 1. The second-order valence-corrected chi connectivity index (χ2v) is 4.47. The third-order valence-electron chi connectivity index (χ3n) is 3.15. The van der Waals surface area contributed by atoms with E-state index >= 15 is 0 Å². The molecule has 0 saturated carbocycles. The smallest absolute Gasteiger partial charge is 0.409 e. The molecule has 6 nitrogen and oxygen atoms in total. The van der Waals surface area contributed by atoms with E-state index in [-0.39, 0.29) is 16.8 Å². The second kappa shape index (κ2) is 4.75. The maximum absolute atomic E-state index is 12.4. The first kappa shape index (κ1) is 12.9. The van der Waals surface area contributed by atoms with Crippen LogP contribution in [0.5, 0.6) is 0 Å². The van der Waals surface area contributed by atoms with Crippen LogP contribution in [0.2, 0.25) is 0 Å². The summed E-state index contributed by atoms with van der Waals surface area (Å²) in [5.41, 5.74) is 1.18. The molecule has 0 bridgehead atoms. The molecule has 2 aromatic carbocycles. The number of carbonyl (C=O) groups excluding carboxylic acids is 2. The summed E-state index contributed by atoms with van der Waals surface area (Å²) in [6.45, 7) is 0. The van der Waals surface area contributed by atoms with Crippen LogP contribution < -0.4 is 10.2 Å². The molecule has 1 heterocycles. The average molecular weight is 282 g/mol. The molecule has 0 aromatic heterocycles. The maximum Gasteiger partial charge on any atom is 0.409 e. The van der Waals surface area contributed by atoms with Gasteiger partial charge in [0.25, 0.3) is 11.8 Å². The molecule has 0 unspecified atom stereocenters. The van der Waals surface area contributed by atoms with E-state index in [1.807, 2.05) is 0 Å². The number of carboxylic acid groups (broad SMARTS) is 1. The summed E-state index contributed by atoms with van der Waals surface area (Å²) < 4.78 is 0. The van der Waals surface area contributed by atoms with Gasteiger partial charge in [-0.2, -0.15) is 0 Å². The molecule has 0 fully saturated rings. The summed E-state index contributed by atoms with van der Waals surface area (Å²) in [6, 6.07) is 12.8. The van der Waals surface area contributed by atoms with Crippen molar-refractivity contribution in [3.8, 4) is 0 Å². The lowest BCUT2D eigenvalue weighted by Gasteiger charge is -2.13. The number of benzene rings is 2. The lowest BCUT2D eigenvalue weighted by Crippen LogP contribution is -2.29. The van der Waals surface area contributed by atoms with Crippen molar-refractivity contribution in [3.63, 3.8) is 0 Å². The van der Waals surface area contributed by atoms with Gasteiger partial charge in [-0.15, -0.1) is 0 Å². The van der Waals surface area contributed by atoms with Gasteiger partial charge in [0.15, 0.2) is 0 Å². The summed E-state index contributed by atoms with van der Waals surface area (Å²) in [5.74, 6) is -0.877. The number of hydrogen-bond donors (Lipinski definition) is 2. The molecule has 0 radical (unpaired) electrons. The number of hydrogen-bond acceptors (Lipinski definition) is 3. The zero-order valence-electron chi connectivity index (χ0n) is 10.7. The molecule has 0 atom stereocenters. The number of fused-ring (bicyclic) bond motifs is 1. The molecular formula is C15H10N2O4. The van der Waals surface area contributed by atoms with Crippen molar-refractivity contribution in [1.82, 2.24) is 0 Å². The van der Waals surface area contributed by atoms with Gasteiger partial charge in [0.2, 0.25) is 0 Å². The molecule has 0 aliphatic carbocycles. The fourth-order valence-corrected chi connectivity index (χ4v) is 2.25. The van der Waals surface area contributed by atoms with Crippen LogP contribution in [0.25, 0.3) is 0 Å². The number of nitrogens with one attached hydrogen (secondary N) is 1. The van der Waals surface area contributed by atoms with Gasteiger partial charge in [-0.05, 0) is 30.3 Å². The molecule has 3 amide bonds. The van der Waals surface area contributed by atoms with Gasteiger partial charge in [-0.1, -0.05) is 18.2 Å². The fourth-order valence-electron chi connectivity index (χ4n) is 2.25. The first-order chi connectivity index (χ1) is 10.1. The van der Waals surface area contributed by atoms with E-state index in [0.717, 1.165) is 4.90 Å². The van der Waals surface area contributed by atoms with E-state index in [9.17, 15) is 14.4 Å². The molecule has 1 aliphatic heterocycles. The third-order valence-corrected chi connectivity index (χ3v) is 3.15. The quantitative estimate of drug-likeness (QED) is 0.829. The van der Waals surface area contributed by atoms with E-state index in [4.69, 9.17) is 5.11 Å². The lowest BCUT2D eigenvalue weighted by molar-refractivity contribution is 0.0926. The van der Waals surface area contributed by atoms with Crippen LogP contribution in [0.15, 0.2) is 48.5 Å². The van der Waals surface area contributed by atoms with Crippen LogP contribution in [0.4, 0.5) is 16.2 Å². The summed E-state index contributed by atoms with van der Waals surface area (Å²) in [4.78, 5) is 36.4. The topological polar surface area (TPSA) is 86.7 Å². The molecule has 1 aliphatic rings. The summed E-state index contributed by atoms with van der Waals surface area (Å²) in [7, 11) is 0. The molecule has 3 rings (SSSR count). The van der Waals surface area contributed by atoms with Crippen molar-refractivity contribution >= 4 is 29.3 Å². The predicted molar refractivity (Wildman–Crippen MR) is 75.7 cm³/mol. The molecule has 104 valence electrons. The van der Waals surface area contributed by atoms with Gasteiger partial charge in [-0.3, -0.25) is 14.9 Å². The summed E-state index contributed by atoms with van der Waals surface area (Å²) in [6.07, 6.45) is -1.23. The molecule has 2 N–H and O–H groups in total. The van der Waals surface area contributed by atoms with Crippen LogP contribution in [0.1, 0.15) is 20.7 Å². The van der Waals surface area contributed by atoms with Crippen molar-refractivity contribution < 1.29 is 19.5 Å². The number of carbonyl (C=O) groups is 3. The van der Waals surface area contributed by atoms with Gasteiger partial charge in [-0.25, -0.2) is 9.69 Å².